The van der Waals surface area contributed by atoms with Crippen LogP contribution in [0, 0.1) is 5.92 Å². The Morgan fingerprint density at radius 2 is 2.00 bits per heavy atom. The van der Waals surface area contributed by atoms with Crippen LogP contribution in [0.4, 0.5) is 0 Å². The Kier molecular flexibility index (Phi) is 6.06. The van der Waals surface area contributed by atoms with E-state index < -0.39 is 5.97 Å². The highest BCUT2D eigenvalue weighted by atomic mass is 16.5. The molecular weight excluding hydrogens is 344 g/mol. The molecule has 0 spiro atoms. The van der Waals surface area contributed by atoms with Gasteiger partial charge in [0.25, 0.3) is 5.91 Å². The topological polar surface area (TPSA) is 79.7 Å². The molecule has 1 unspecified atom stereocenters. The molecule has 2 aromatic rings. The number of rotatable bonds is 6. The third-order valence-corrected chi connectivity index (χ3v) is 4.98. The van der Waals surface area contributed by atoms with Crippen LogP contribution in [0.15, 0.2) is 42.7 Å². The number of carboxylic acids is 1. The van der Waals surface area contributed by atoms with E-state index in [0.717, 1.165) is 29.7 Å². The number of carbonyl (C=O) groups is 2. The van der Waals surface area contributed by atoms with E-state index in [2.05, 4.69) is 4.98 Å². The Hall–Kier alpha value is -2.89. The van der Waals surface area contributed by atoms with E-state index in [1.54, 1.807) is 19.5 Å². The number of hydrogen-bond acceptors (Lipinski definition) is 4. The van der Waals surface area contributed by atoms with Crippen molar-refractivity contribution in [2.75, 3.05) is 20.2 Å². The molecule has 1 N–H and O–H groups in total. The second-order valence-corrected chi connectivity index (χ2v) is 6.88. The van der Waals surface area contributed by atoms with E-state index in [4.69, 9.17) is 9.84 Å². The molecule has 2 heterocycles. The number of benzene rings is 1. The lowest BCUT2D eigenvalue weighted by atomic mass is 9.93. The van der Waals surface area contributed by atoms with E-state index in [1.165, 1.54) is 0 Å². The molecule has 1 aromatic heterocycles. The summed E-state index contributed by atoms with van der Waals surface area (Å²) in [6, 6.07) is 9.49. The SMILES string of the molecule is COc1ccc(-c2cncc(C(=O)N3CCCC(CCC(=O)O)C3)c2)cc1. The first-order chi connectivity index (χ1) is 13.1. The standard InChI is InChI=1S/C21H24N2O4/c1-27-19-7-5-16(6-8-19)17-11-18(13-22-12-17)21(26)23-10-2-3-15(14-23)4-9-20(24)25/h5-8,11-13,15H,2-4,9-10,14H2,1H3,(H,24,25). The minimum Gasteiger partial charge on any atom is -0.497 e. The predicted molar refractivity (Wildman–Crippen MR) is 102 cm³/mol. The van der Waals surface area contributed by atoms with Gasteiger partial charge in [0, 0.05) is 37.5 Å². The molecule has 1 saturated heterocycles. The highest BCUT2D eigenvalue weighted by molar-refractivity contribution is 5.95. The third-order valence-electron chi connectivity index (χ3n) is 4.98. The molecule has 6 nitrogen and oxygen atoms in total. The number of likely N-dealkylation sites (tertiary alicyclic amines) is 1. The molecule has 1 aliphatic heterocycles. The largest absolute Gasteiger partial charge is 0.497 e. The highest BCUT2D eigenvalue weighted by Gasteiger charge is 2.25. The zero-order valence-corrected chi connectivity index (χ0v) is 15.4. The third kappa shape index (κ3) is 4.84. The first-order valence-corrected chi connectivity index (χ1v) is 9.17. The van der Waals surface area contributed by atoms with E-state index >= 15 is 0 Å². The number of nitrogens with zero attached hydrogens (tertiary/aromatic N) is 2. The summed E-state index contributed by atoms with van der Waals surface area (Å²) in [4.78, 5) is 29.8. The van der Waals surface area contributed by atoms with E-state index in [9.17, 15) is 9.59 Å². The fourth-order valence-corrected chi connectivity index (χ4v) is 3.49. The molecule has 0 saturated carbocycles. The van der Waals surface area contributed by atoms with Crippen molar-refractivity contribution in [3.8, 4) is 16.9 Å². The molecule has 1 fully saturated rings. The summed E-state index contributed by atoms with van der Waals surface area (Å²) in [6.07, 6.45) is 5.98. The van der Waals surface area contributed by atoms with Crippen LogP contribution in [0.1, 0.15) is 36.0 Å². The molecule has 142 valence electrons. The van der Waals surface area contributed by atoms with Crippen LogP contribution in [0.3, 0.4) is 0 Å². The van der Waals surface area contributed by atoms with Gasteiger partial charge in [-0.2, -0.15) is 0 Å². The van der Waals surface area contributed by atoms with Gasteiger partial charge in [-0.25, -0.2) is 0 Å². The second-order valence-electron chi connectivity index (χ2n) is 6.88. The molecule has 0 radical (unpaired) electrons. The summed E-state index contributed by atoms with van der Waals surface area (Å²) in [7, 11) is 1.62. The molecular formula is C21H24N2O4. The highest BCUT2D eigenvalue weighted by Crippen LogP contribution is 2.25. The molecule has 27 heavy (non-hydrogen) atoms. The average Bonchev–Trinajstić information content (AvgIpc) is 2.72. The molecule has 1 amide bonds. The Bertz CT molecular complexity index is 804. The maximum Gasteiger partial charge on any atom is 0.303 e. The quantitative estimate of drug-likeness (QED) is 0.844. The van der Waals surface area contributed by atoms with E-state index in [0.29, 0.717) is 25.1 Å². The van der Waals surface area contributed by atoms with Gasteiger partial charge in [0.1, 0.15) is 5.75 Å². The lowest BCUT2D eigenvalue weighted by Gasteiger charge is -2.32. The minimum atomic E-state index is -0.783. The van der Waals surface area contributed by atoms with Crippen molar-refractivity contribution in [2.45, 2.75) is 25.7 Å². The fourth-order valence-electron chi connectivity index (χ4n) is 3.49. The number of pyridine rings is 1. The van der Waals surface area contributed by atoms with Crippen molar-refractivity contribution in [1.29, 1.82) is 0 Å². The van der Waals surface area contributed by atoms with Crippen molar-refractivity contribution in [3.05, 3.63) is 48.3 Å². The van der Waals surface area contributed by atoms with Crippen LogP contribution in [0.25, 0.3) is 11.1 Å². The number of carbonyl (C=O) groups excluding carboxylic acids is 1. The summed E-state index contributed by atoms with van der Waals surface area (Å²) >= 11 is 0. The van der Waals surface area contributed by atoms with Gasteiger partial charge < -0.3 is 14.7 Å². The Labute approximate surface area is 158 Å². The Balaban J connectivity index is 1.71. The smallest absolute Gasteiger partial charge is 0.303 e. The Morgan fingerprint density at radius 3 is 2.70 bits per heavy atom. The van der Waals surface area contributed by atoms with Crippen molar-refractivity contribution in [1.82, 2.24) is 9.88 Å². The molecule has 1 atom stereocenters. The maximum absolute atomic E-state index is 12.9. The summed E-state index contributed by atoms with van der Waals surface area (Å²) < 4.78 is 5.18. The first-order valence-electron chi connectivity index (χ1n) is 9.17. The van der Waals surface area contributed by atoms with Crippen molar-refractivity contribution in [2.24, 2.45) is 5.92 Å². The van der Waals surface area contributed by atoms with Gasteiger partial charge in [-0.05, 0) is 48.9 Å². The van der Waals surface area contributed by atoms with Crippen LogP contribution < -0.4 is 4.74 Å². The number of aliphatic carboxylic acids is 1. The van der Waals surface area contributed by atoms with Crippen LogP contribution in [0.2, 0.25) is 0 Å². The minimum absolute atomic E-state index is 0.0436. The second kappa shape index (κ2) is 8.66. The first kappa shape index (κ1) is 18.9. The fraction of sp³-hybridized carbons (Fsp3) is 0.381. The van der Waals surface area contributed by atoms with Gasteiger partial charge in [0.05, 0.1) is 12.7 Å². The summed E-state index contributed by atoms with van der Waals surface area (Å²) in [6.45, 7) is 1.31. The summed E-state index contributed by atoms with van der Waals surface area (Å²) in [5.41, 5.74) is 2.40. The lowest BCUT2D eigenvalue weighted by Crippen LogP contribution is -2.40. The van der Waals surface area contributed by atoms with Gasteiger partial charge in [-0.1, -0.05) is 12.1 Å². The molecule has 0 bridgehead atoms. The number of carboxylic acid groups (broad SMARTS) is 1. The number of piperidine rings is 1. The number of amides is 1. The monoisotopic (exact) mass is 368 g/mol. The summed E-state index contributed by atoms with van der Waals surface area (Å²) in [5, 5.41) is 8.87. The lowest BCUT2D eigenvalue weighted by molar-refractivity contribution is -0.137. The van der Waals surface area contributed by atoms with Crippen molar-refractivity contribution < 1.29 is 19.4 Å². The van der Waals surface area contributed by atoms with E-state index in [1.807, 2.05) is 35.2 Å². The van der Waals surface area contributed by atoms with Crippen LogP contribution in [0.5, 0.6) is 5.75 Å². The van der Waals surface area contributed by atoms with Gasteiger partial charge >= 0.3 is 5.97 Å². The molecule has 6 heteroatoms. The van der Waals surface area contributed by atoms with Gasteiger partial charge in [-0.15, -0.1) is 0 Å². The number of methoxy groups -OCH3 is 1. The van der Waals surface area contributed by atoms with Gasteiger partial charge in [0.2, 0.25) is 0 Å². The number of hydrogen-bond donors (Lipinski definition) is 1. The van der Waals surface area contributed by atoms with Crippen LogP contribution >= 0.6 is 0 Å². The Morgan fingerprint density at radius 1 is 1.22 bits per heavy atom. The number of ether oxygens (including phenoxy) is 1. The molecule has 0 aliphatic carbocycles. The molecule has 3 rings (SSSR count). The van der Waals surface area contributed by atoms with E-state index in [-0.39, 0.29) is 18.2 Å². The zero-order valence-electron chi connectivity index (χ0n) is 15.4. The zero-order chi connectivity index (χ0) is 19.2. The van der Waals surface area contributed by atoms with Crippen LogP contribution in [-0.4, -0.2) is 47.1 Å². The van der Waals surface area contributed by atoms with Crippen molar-refractivity contribution in [3.63, 3.8) is 0 Å². The van der Waals surface area contributed by atoms with Gasteiger partial charge in [0.15, 0.2) is 0 Å². The normalized spacial score (nSPS) is 16.8. The summed E-state index contributed by atoms with van der Waals surface area (Å²) in [5.74, 6) is 0.198. The predicted octanol–water partition coefficient (Wildman–Crippen LogP) is 3.47. The molecule has 1 aliphatic rings. The maximum atomic E-state index is 12.9. The number of aromatic nitrogens is 1. The van der Waals surface area contributed by atoms with Gasteiger partial charge in [-0.3, -0.25) is 14.6 Å². The average molecular weight is 368 g/mol. The van der Waals surface area contributed by atoms with Crippen molar-refractivity contribution >= 4 is 11.9 Å². The molecule has 1 aromatic carbocycles. The van der Waals surface area contributed by atoms with Crippen LogP contribution in [-0.2, 0) is 4.79 Å².